The van der Waals surface area contributed by atoms with Gasteiger partial charge in [0.25, 0.3) is 0 Å². The molecule has 1 aliphatic rings. The van der Waals surface area contributed by atoms with E-state index in [4.69, 9.17) is 9.47 Å². The Morgan fingerprint density at radius 1 is 1.30 bits per heavy atom. The van der Waals surface area contributed by atoms with Crippen LogP contribution in [0.5, 0.6) is 0 Å². The number of hydrogen-bond acceptors (Lipinski definition) is 2. The molecule has 55 valence electrons. The van der Waals surface area contributed by atoms with Gasteiger partial charge >= 0.3 is 0 Å². The van der Waals surface area contributed by atoms with Gasteiger partial charge in [-0.2, -0.15) is 0 Å². The molecular weight excluding hydrogens is 123 g/mol. The molecule has 0 saturated carbocycles. The SMILES string of the molecule is CCCC1(C)OCCO1.[Li]. The van der Waals surface area contributed by atoms with E-state index >= 15 is 0 Å². The summed E-state index contributed by atoms with van der Waals surface area (Å²) < 4.78 is 10.7. The van der Waals surface area contributed by atoms with Crippen LogP contribution in [0.1, 0.15) is 26.7 Å². The Morgan fingerprint density at radius 3 is 2.20 bits per heavy atom. The molecule has 0 aliphatic carbocycles. The van der Waals surface area contributed by atoms with Crippen molar-refractivity contribution in [1.29, 1.82) is 0 Å². The first-order valence-corrected chi connectivity index (χ1v) is 3.55. The predicted octanol–water partition coefficient (Wildman–Crippen LogP) is 1.17. The minimum atomic E-state index is -0.255. The van der Waals surface area contributed by atoms with Gasteiger partial charge in [-0.25, -0.2) is 0 Å². The molecule has 0 N–H and O–H groups in total. The normalized spacial score (nSPS) is 22.2. The summed E-state index contributed by atoms with van der Waals surface area (Å²) in [6, 6.07) is 0. The van der Waals surface area contributed by atoms with Crippen molar-refractivity contribution in [3.05, 3.63) is 0 Å². The minimum Gasteiger partial charge on any atom is -0.348 e. The third kappa shape index (κ3) is 2.63. The maximum absolute atomic E-state index is 5.36. The first kappa shape index (κ1) is 10.5. The van der Waals surface area contributed by atoms with Crippen molar-refractivity contribution in [2.75, 3.05) is 13.2 Å². The van der Waals surface area contributed by atoms with E-state index in [1.165, 1.54) is 0 Å². The summed E-state index contributed by atoms with van der Waals surface area (Å²) in [6.45, 7) is 5.66. The van der Waals surface area contributed by atoms with Crippen LogP contribution in [0.2, 0.25) is 0 Å². The van der Waals surface area contributed by atoms with Gasteiger partial charge in [0.05, 0.1) is 13.2 Å². The van der Waals surface area contributed by atoms with Crippen LogP contribution < -0.4 is 0 Å². The smallest absolute Gasteiger partial charge is 0.165 e. The predicted molar refractivity (Wildman–Crippen MR) is 41.0 cm³/mol. The first-order valence-electron chi connectivity index (χ1n) is 3.55. The van der Waals surface area contributed by atoms with E-state index in [0.29, 0.717) is 0 Å². The van der Waals surface area contributed by atoms with Crippen LogP contribution in [0, 0.1) is 0 Å². The second-order valence-corrected chi connectivity index (χ2v) is 2.58. The van der Waals surface area contributed by atoms with Gasteiger partial charge in [-0.3, -0.25) is 0 Å². The van der Waals surface area contributed by atoms with Crippen LogP contribution in [-0.2, 0) is 9.47 Å². The molecule has 1 fully saturated rings. The molecule has 0 spiro atoms. The quantitative estimate of drug-likeness (QED) is 0.532. The maximum atomic E-state index is 5.36. The van der Waals surface area contributed by atoms with Gasteiger partial charge in [-0.05, 0) is 6.92 Å². The van der Waals surface area contributed by atoms with Gasteiger partial charge in [0, 0.05) is 25.3 Å². The first-order chi connectivity index (χ1) is 4.27. The summed E-state index contributed by atoms with van der Waals surface area (Å²) in [4.78, 5) is 0. The molecule has 0 aromatic heterocycles. The Labute approximate surface area is 74.4 Å². The molecule has 1 radical (unpaired) electrons. The summed E-state index contributed by atoms with van der Waals surface area (Å²) in [7, 11) is 0. The van der Waals surface area contributed by atoms with E-state index < -0.39 is 0 Å². The summed E-state index contributed by atoms with van der Waals surface area (Å²) in [6.07, 6.45) is 2.13. The maximum Gasteiger partial charge on any atom is 0.165 e. The van der Waals surface area contributed by atoms with Crippen LogP contribution in [0.3, 0.4) is 0 Å². The molecule has 0 amide bonds. The van der Waals surface area contributed by atoms with Crippen LogP contribution >= 0.6 is 0 Å². The minimum absolute atomic E-state index is 0. The van der Waals surface area contributed by atoms with E-state index in [1.54, 1.807) is 0 Å². The standard InChI is InChI=1S/C7H14O2.Li/c1-3-4-7(2)8-5-6-9-7;/h3-6H2,1-2H3;. The average Bonchev–Trinajstić information content (AvgIpc) is 2.16. The van der Waals surface area contributed by atoms with Crippen LogP contribution in [0.25, 0.3) is 0 Å². The fourth-order valence-electron chi connectivity index (χ4n) is 1.16. The van der Waals surface area contributed by atoms with Gasteiger partial charge in [0.1, 0.15) is 0 Å². The molecule has 1 rings (SSSR count). The van der Waals surface area contributed by atoms with Crippen molar-refractivity contribution in [2.45, 2.75) is 32.5 Å². The summed E-state index contributed by atoms with van der Waals surface area (Å²) in [5.74, 6) is -0.255. The van der Waals surface area contributed by atoms with Crippen molar-refractivity contribution in [2.24, 2.45) is 0 Å². The topological polar surface area (TPSA) is 18.5 Å². The molecule has 0 bridgehead atoms. The molecular formula is C7H14LiO2. The van der Waals surface area contributed by atoms with Crippen molar-refractivity contribution < 1.29 is 9.47 Å². The van der Waals surface area contributed by atoms with Gasteiger partial charge in [0.15, 0.2) is 5.79 Å². The van der Waals surface area contributed by atoms with Crippen molar-refractivity contribution in [3.63, 3.8) is 0 Å². The Morgan fingerprint density at radius 2 is 1.80 bits per heavy atom. The third-order valence-electron chi connectivity index (χ3n) is 1.60. The molecule has 0 aromatic carbocycles. The Balaban J connectivity index is 0.000000810. The van der Waals surface area contributed by atoms with E-state index in [9.17, 15) is 0 Å². The van der Waals surface area contributed by atoms with Crippen LogP contribution in [0.15, 0.2) is 0 Å². The van der Waals surface area contributed by atoms with Crippen molar-refractivity contribution >= 4 is 18.9 Å². The average molecular weight is 137 g/mol. The van der Waals surface area contributed by atoms with Gasteiger partial charge in [-0.1, -0.05) is 13.3 Å². The van der Waals surface area contributed by atoms with E-state index in [2.05, 4.69) is 6.92 Å². The fraction of sp³-hybridized carbons (Fsp3) is 1.00. The zero-order valence-corrected chi connectivity index (χ0v) is 7.14. The molecule has 1 heterocycles. The molecule has 0 unspecified atom stereocenters. The zero-order valence-electron chi connectivity index (χ0n) is 7.14. The van der Waals surface area contributed by atoms with Gasteiger partial charge < -0.3 is 9.47 Å². The van der Waals surface area contributed by atoms with Crippen molar-refractivity contribution in [1.82, 2.24) is 0 Å². The van der Waals surface area contributed by atoms with E-state index in [0.717, 1.165) is 26.1 Å². The second kappa shape index (κ2) is 4.41. The molecule has 2 nitrogen and oxygen atoms in total. The zero-order chi connectivity index (χ0) is 6.74. The molecule has 1 aliphatic heterocycles. The summed E-state index contributed by atoms with van der Waals surface area (Å²) in [5, 5.41) is 0. The van der Waals surface area contributed by atoms with E-state index in [1.807, 2.05) is 6.92 Å². The number of hydrogen-bond donors (Lipinski definition) is 0. The summed E-state index contributed by atoms with van der Waals surface area (Å²) in [5.41, 5.74) is 0. The van der Waals surface area contributed by atoms with E-state index in [-0.39, 0.29) is 24.6 Å². The fourth-order valence-corrected chi connectivity index (χ4v) is 1.16. The Kier molecular flexibility index (Phi) is 4.63. The van der Waals surface area contributed by atoms with Gasteiger partial charge in [-0.15, -0.1) is 0 Å². The molecule has 3 heteroatoms. The molecule has 1 saturated heterocycles. The molecule has 0 atom stereocenters. The third-order valence-corrected chi connectivity index (χ3v) is 1.60. The molecule has 0 aromatic rings. The van der Waals surface area contributed by atoms with Crippen molar-refractivity contribution in [3.8, 4) is 0 Å². The second-order valence-electron chi connectivity index (χ2n) is 2.58. The largest absolute Gasteiger partial charge is 0.348 e. The number of ether oxygens (including phenoxy) is 2. The Hall–Kier alpha value is 0.517. The van der Waals surface area contributed by atoms with Gasteiger partial charge in [0.2, 0.25) is 0 Å². The van der Waals surface area contributed by atoms with Crippen LogP contribution in [-0.4, -0.2) is 37.9 Å². The Bertz CT molecular complexity index is 89.6. The summed E-state index contributed by atoms with van der Waals surface area (Å²) >= 11 is 0. The monoisotopic (exact) mass is 137 g/mol. The van der Waals surface area contributed by atoms with Crippen LogP contribution in [0.4, 0.5) is 0 Å². The number of rotatable bonds is 2. The molecule has 10 heavy (non-hydrogen) atoms.